The van der Waals surface area contributed by atoms with Gasteiger partial charge in [0.25, 0.3) is 0 Å². The molecule has 0 aromatic heterocycles. The van der Waals surface area contributed by atoms with Gasteiger partial charge in [0.1, 0.15) is 6.29 Å². The summed E-state index contributed by atoms with van der Waals surface area (Å²) in [6, 6.07) is 0. The van der Waals surface area contributed by atoms with Crippen LogP contribution in [0.15, 0.2) is 0 Å². The monoisotopic (exact) mass is 142 g/mol. The highest BCUT2D eigenvalue weighted by Crippen LogP contribution is 2.26. The van der Waals surface area contributed by atoms with E-state index in [1.807, 2.05) is 13.8 Å². The Kier molecular flexibility index (Phi) is 2.44. The van der Waals surface area contributed by atoms with Crippen LogP contribution in [0.25, 0.3) is 0 Å². The highest BCUT2D eigenvalue weighted by atomic mass is 16.5. The van der Waals surface area contributed by atoms with Gasteiger partial charge in [-0.25, -0.2) is 0 Å². The van der Waals surface area contributed by atoms with Gasteiger partial charge in [-0.15, -0.1) is 0 Å². The second-order valence-electron chi connectivity index (χ2n) is 3.02. The van der Waals surface area contributed by atoms with E-state index in [2.05, 4.69) is 0 Å². The first kappa shape index (κ1) is 7.73. The molecule has 0 spiro atoms. The van der Waals surface area contributed by atoms with Crippen molar-refractivity contribution < 1.29 is 9.53 Å². The van der Waals surface area contributed by atoms with E-state index in [9.17, 15) is 4.79 Å². The van der Waals surface area contributed by atoms with Crippen molar-refractivity contribution in [2.45, 2.75) is 26.4 Å². The zero-order chi connectivity index (χ0) is 7.56. The number of hydrogen-bond acceptors (Lipinski definition) is 2. The second kappa shape index (κ2) is 3.15. The molecule has 0 saturated carbocycles. The summed E-state index contributed by atoms with van der Waals surface area (Å²) in [6.07, 6.45) is 2.34. The van der Waals surface area contributed by atoms with Crippen LogP contribution in [0.3, 0.4) is 0 Å². The quantitative estimate of drug-likeness (QED) is 0.542. The number of ether oxygens (including phenoxy) is 1. The molecule has 1 fully saturated rings. The predicted octanol–water partition coefficient (Wildman–Crippen LogP) is 1.25. The van der Waals surface area contributed by atoms with E-state index in [1.165, 1.54) is 0 Å². The molecule has 1 rings (SSSR count). The van der Waals surface area contributed by atoms with Gasteiger partial charge < -0.3 is 9.53 Å². The summed E-state index contributed by atoms with van der Waals surface area (Å²) in [7, 11) is 0. The first-order valence-electron chi connectivity index (χ1n) is 3.82. The standard InChI is InChI=1S/C8H14O2/c1-6(5-9)8-3-4-10-7(8)2/h5-8H,3-4H2,1-2H3. The fraction of sp³-hybridized carbons (Fsp3) is 0.875. The van der Waals surface area contributed by atoms with Crippen molar-refractivity contribution in [3.8, 4) is 0 Å². The van der Waals surface area contributed by atoms with E-state index in [1.54, 1.807) is 0 Å². The normalized spacial score (nSPS) is 35.8. The molecule has 0 bridgehead atoms. The Labute approximate surface area is 61.6 Å². The average molecular weight is 142 g/mol. The Hall–Kier alpha value is -0.370. The fourth-order valence-corrected chi connectivity index (χ4v) is 1.54. The maximum absolute atomic E-state index is 10.4. The van der Waals surface area contributed by atoms with Gasteiger partial charge >= 0.3 is 0 Å². The molecule has 1 saturated heterocycles. The van der Waals surface area contributed by atoms with Crippen LogP contribution in [0.2, 0.25) is 0 Å². The fourth-order valence-electron chi connectivity index (χ4n) is 1.54. The molecule has 3 unspecified atom stereocenters. The lowest BCUT2D eigenvalue weighted by atomic mass is 9.90. The number of hydrogen-bond donors (Lipinski definition) is 0. The molecule has 1 heterocycles. The van der Waals surface area contributed by atoms with Crippen molar-refractivity contribution >= 4 is 6.29 Å². The molecule has 0 aromatic carbocycles. The van der Waals surface area contributed by atoms with E-state index in [4.69, 9.17) is 4.74 Å². The molecule has 2 nitrogen and oxygen atoms in total. The van der Waals surface area contributed by atoms with Gasteiger partial charge in [0, 0.05) is 12.5 Å². The van der Waals surface area contributed by atoms with Crippen molar-refractivity contribution in [3.63, 3.8) is 0 Å². The smallest absolute Gasteiger partial charge is 0.123 e. The maximum Gasteiger partial charge on any atom is 0.123 e. The molecular weight excluding hydrogens is 128 g/mol. The topological polar surface area (TPSA) is 26.3 Å². The van der Waals surface area contributed by atoms with Gasteiger partial charge in [-0.05, 0) is 19.3 Å². The molecule has 1 aliphatic heterocycles. The molecule has 10 heavy (non-hydrogen) atoms. The largest absolute Gasteiger partial charge is 0.378 e. The predicted molar refractivity (Wildman–Crippen MR) is 38.7 cm³/mol. The van der Waals surface area contributed by atoms with Gasteiger partial charge in [0.2, 0.25) is 0 Å². The van der Waals surface area contributed by atoms with Crippen molar-refractivity contribution in [1.29, 1.82) is 0 Å². The molecule has 0 N–H and O–H groups in total. The third kappa shape index (κ3) is 1.37. The van der Waals surface area contributed by atoms with Gasteiger partial charge in [-0.3, -0.25) is 0 Å². The van der Waals surface area contributed by atoms with Gasteiger partial charge in [-0.2, -0.15) is 0 Å². The van der Waals surface area contributed by atoms with Crippen LogP contribution in [0.1, 0.15) is 20.3 Å². The van der Waals surface area contributed by atoms with E-state index < -0.39 is 0 Å². The Morgan fingerprint density at radius 3 is 2.80 bits per heavy atom. The third-order valence-electron chi connectivity index (χ3n) is 2.32. The van der Waals surface area contributed by atoms with E-state index >= 15 is 0 Å². The molecule has 3 atom stereocenters. The molecule has 58 valence electrons. The summed E-state index contributed by atoms with van der Waals surface area (Å²) >= 11 is 0. The number of carbonyl (C=O) groups is 1. The highest BCUT2D eigenvalue weighted by Gasteiger charge is 2.28. The Balaban J connectivity index is 2.46. The minimum atomic E-state index is 0.164. The Morgan fingerprint density at radius 2 is 2.40 bits per heavy atom. The summed E-state index contributed by atoms with van der Waals surface area (Å²) < 4.78 is 5.33. The molecule has 0 radical (unpaired) electrons. The van der Waals surface area contributed by atoms with E-state index in [0.717, 1.165) is 19.3 Å². The van der Waals surface area contributed by atoms with Crippen molar-refractivity contribution in [3.05, 3.63) is 0 Å². The second-order valence-corrected chi connectivity index (χ2v) is 3.02. The van der Waals surface area contributed by atoms with E-state index in [-0.39, 0.29) is 12.0 Å². The van der Waals surface area contributed by atoms with Crippen LogP contribution in [0.5, 0.6) is 0 Å². The van der Waals surface area contributed by atoms with Crippen molar-refractivity contribution in [2.75, 3.05) is 6.61 Å². The summed E-state index contributed by atoms with van der Waals surface area (Å²) in [5.74, 6) is 0.620. The minimum absolute atomic E-state index is 0.164. The minimum Gasteiger partial charge on any atom is -0.378 e. The lowest BCUT2D eigenvalue weighted by molar-refractivity contribution is -0.112. The molecule has 1 aliphatic rings. The van der Waals surface area contributed by atoms with Gasteiger partial charge in [0.15, 0.2) is 0 Å². The van der Waals surface area contributed by atoms with Crippen LogP contribution in [0.4, 0.5) is 0 Å². The number of aldehydes is 1. The molecular formula is C8H14O2. The van der Waals surface area contributed by atoms with E-state index in [0.29, 0.717) is 5.92 Å². The summed E-state index contributed by atoms with van der Waals surface area (Å²) in [5, 5.41) is 0. The molecule has 0 amide bonds. The van der Waals surface area contributed by atoms with Crippen LogP contribution >= 0.6 is 0 Å². The first-order valence-corrected chi connectivity index (χ1v) is 3.82. The molecule has 0 aromatic rings. The van der Waals surface area contributed by atoms with Crippen LogP contribution in [-0.2, 0) is 9.53 Å². The zero-order valence-corrected chi connectivity index (χ0v) is 6.54. The average Bonchev–Trinajstić information content (AvgIpc) is 2.34. The SMILES string of the molecule is CC(C=O)C1CCOC1C. The van der Waals surface area contributed by atoms with Gasteiger partial charge in [-0.1, -0.05) is 6.92 Å². The number of carbonyl (C=O) groups excluding carboxylic acids is 1. The van der Waals surface area contributed by atoms with Crippen LogP contribution in [-0.4, -0.2) is 19.0 Å². The third-order valence-corrected chi connectivity index (χ3v) is 2.32. The Bertz CT molecular complexity index is 122. The first-order chi connectivity index (χ1) is 4.75. The summed E-state index contributed by atoms with van der Waals surface area (Å²) in [4.78, 5) is 10.4. The summed E-state index contributed by atoms with van der Waals surface area (Å²) in [6.45, 7) is 4.82. The van der Waals surface area contributed by atoms with Crippen LogP contribution in [0, 0.1) is 11.8 Å². The molecule has 2 heteroatoms. The molecule has 0 aliphatic carbocycles. The summed E-state index contributed by atoms with van der Waals surface area (Å²) in [5.41, 5.74) is 0. The lowest BCUT2D eigenvalue weighted by Crippen LogP contribution is -2.19. The Morgan fingerprint density at radius 1 is 1.70 bits per heavy atom. The van der Waals surface area contributed by atoms with Crippen LogP contribution < -0.4 is 0 Å². The van der Waals surface area contributed by atoms with Crippen molar-refractivity contribution in [2.24, 2.45) is 11.8 Å². The van der Waals surface area contributed by atoms with Gasteiger partial charge in [0.05, 0.1) is 6.10 Å². The maximum atomic E-state index is 10.4. The lowest BCUT2D eigenvalue weighted by Gasteiger charge is -2.15. The van der Waals surface area contributed by atoms with Crippen molar-refractivity contribution in [1.82, 2.24) is 0 Å². The highest BCUT2D eigenvalue weighted by molar-refractivity contribution is 5.53. The zero-order valence-electron chi connectivity index (χ0n) is 6.54. The number of rotatable bonds is 2.